The number of hydrogen-bond donors (Lipinski definition) is 1. The van der Waals surface area contributed by atoms with Crippen molar-refractivity contribution in [3.8, 4) is 0 Å². The van der Waals surface area contributed by atoms with Crippen molar-refractivity contribution in [3.63, 3.8) is 0 Å². The lowest BCUT2D eigenvalue weighted by Crippen LogP contribution is -2.43. The van der Waals surface area contributed by atoms with Gasteiger partial charge in [-0.05, 0) is 30.7 Å². The number of nitrogens with one attached hydrogen (secondary N) is 1. The van der Waals surface area contributed by atoms with E-state index in [1.807, 2.05) is 11.8 Å². The molecule has 2 aromatic carbocycles. The van der Waals surface area contributed by atoms with E-state index in [1.165, 1.54) is 21.0 Å². The van der Waals surface area contributed by atoms with Crippen LogP contribution in [0.15, 0.2) is 58.3 Å². The van der Waals surface area contributed by atoms with E-state index in [1.54, 1.807) is 0 Å². The fourth-order valence-corrected chi connectivity index (χ4v) is 3.56. The molecule has 0 spiro atoms. The van der Waals surface area contributed by atoms with Crippen LogP contribution in [0.4, 0.5) is 5.69 Å². The molecular formula is C17H21ClN2S. The third-order valence-corrected chi connectivity index (χ3v) is 4.88. The van der Waals surface area contributed by atoms with Gasteiger partial charge < -0.3 is 10.2 Å². The molecule has 0 amide bonds. The maximum Gasteiger partial charge on any atom is 0.0508 e. The van der Waals surface area contributed by atoms with Crippen LogP contribution in [0.1, 0.15) is 5.56 Å². The van der Waals surface area contributed by atoms with Crippen molar-refractivity contribution < 1.29 is 0 Å². The zero-order chi connectivity index (χ0) is 13.8. The van der Waals surface area contributed by atoms with Gasteiger partial charge in [0.2, 0.25) is 0 Å². The summed E-state index contributed by atoms with van der Waals surface area (Å²) < 4.78 is 0. The molecule has 112 valence electrons. The molecule has 2 aromatic rings. The monoisotopic (exact) mass is 320 g/mol. The fraction of sp³-hybridized carbons (Fsp3) is 0.294. The third-order valence-electron chi connectivity index (χ3n) is 3.64. The second kappa shape index (κ2) is 7.74. The Bertz CT molecular complexity index is 583. The van der Waals surface area contributed by atoms with Crippen LogP contribution in [0.3, 0.4) is 0 Å². The van der Waals surface area contributed by atoms with Crippen molar-refractivity contribution in [2.24, 2.45) is 0 Å². The van der Waals surface area contributed by atoms with Crippen molar-refractivity contribution in [1.82, 2.24) is 5.32 Å². The van der Waals surface area contributed by atoms with Crippen molar-refractivity contribution in [2.45, 2.75) is 16.7 Å². The molecule has 1 heterocycles. The molecule has 1 aliphatic rings. The van der Waals surface area contributed by atoms with E-state index in [0.717, 1.165) is 26.2 Å². The molecule has 1 saturated heterocycles. The number of anilines is 1. The van der Waals surface area contributed by atoms with Gasteiger partial charge in [0.1, 0.15) is 0 Å². The zero-order valence-corrected chi connectivity index (χ0v) is 13.8. The molecule has 0 bridgehead atoms. The third kappa shape index (κ3) is 3.94. The van der Waals surface area contributed by atoms with E-state index in [0.29, 0.717) is 0 Å². The topological polar surface area (TPSA) is 15.3 Å². The lowest BCUT2D eigenvalue weighted by atomic mass is 10.2. The van der Waals surface area contributed by atoms with E-state index < -0.39 is 0 Å². The van der Waals surface area contributed by atoms with E-state index in [9.17, 15) is 0 Å². The summed E-state index contributed by atoms with van der Waals surface area (Å²) in [5.41, 5.74) is 2.70. The summed E-state index contributed by atoms with van der Waals surface area (Å²) in [6, 6.07) is 17.3. The first kappa shape index (κ1) is 16.2. The highest BCUT2D eigenvalue weighted by Gasteiger charge is 2.14. The molecule has 1 N–H and O–H groups in total. The van der Waals surface area contributed by atoms with Crippen LogP contribution in [0, 0.1) is 6.92 Å². The largest absolute Gasteiger partial charge is 0.368 e. The van der Waals surface area contributed by atoms with Gasteiger partial charge in [0, 0.05) is 36.0 Å². The summed E-state index contributed by atoms with van der Waals surface area (Å²) in [5, 5.41) is 3.41. The smallest absolute Gasteiger partial charge is 0.0508 e. The number of aryl methyl sites for hydroxylation is 1. The minimum Gasteiger partial charge on any atom is -0.368 e. The summed E-state index contributed by atoms with van der Waals surface area (Å²) in [6.45, 7) is 6.50. The van der Waals surface area contributed by atoms with Crippen LogP contribution in [0.2, 0.25) is 0 Å². The maximum absolute atomic E-state index is 3.41. The molecule has 1 fully saturated rings. The van der Waals surface area contributed by atoms with Gasteiger partial charge in [-0.25, -0.2) is 0 Å². The van der Waals surface area contributed by atoms with E-state index in [2.05, 4.69) is 65.7 Å². The highest BCUT2D eigenvalue weighted by atomic mass is 35.5. The van der Waals surface area contributed by atoms with Crippen molar-refractivity contribution in [2.75, 3.05) is 31.1 Å². The molecule has 21 heavy (non-hydrogen) atoms. The van der Waals surface area contributed by atoms with Gasteiger partial charge in [-0.1, -0.05) is 42.1 Å². The van der Waals surface area contributed by atoms with Gasteiger partial charge in [-0.2, -0.15) is 0 Å². The van der Waals surface area contributed by atoms with Crippen LogP contribution in [-0.2, 0) is 0 Å². The number of hydrogen-bond acceptors (Lipinski definition) is 3. The highest BCUT2D eigenvalue weighted by Crippen LogP contribution is 2.36. The molecule has 0 unspecified atom stereocenters. The van der Waals surface area contributed by atoms with Gasteiger partial charge in [0.15, 0.2) is 0 Å². The first-order chi connectivity index (χ1) is 9.84. The second-order valence-corrected chi connectivity index (χ2v) is 6.16. The number of halogens is 1. The van der Waals surface area contributed by atoms with E-state index >= 15 is 0 Å². The summed E-state index contributed by atoms with van der Waals surface area (Å²) >= 11 is 1.87. The fourth-order valence-electron chi connectivity index (χ4n) is 2.50. The molecular weight excluding hydrogens is 300 g/mol. The Morgan fingerprint density at radius 2 is 1.52 bits per heavy atom. The number of benzene rings is 2. The Balaban J connectivity index is 0.00000161. The Labute approximate surface area is 137 Å². The summed E-state index contributed by atoms with van der Waals surface area (Å²) in [4.78, 5) is 5.18. The van der Waals surface area contributed by atoms with Gasteiger partial charge in [-0.15, -0.1) is 12.4 Å². The summed E-state index contributed by atoms with van der Waals surface area (Å²) in [5.74, 6) is 0. The minimum absolute atomic E-state index is 0. The molecule has 4 heteroatoms. The van der Waals surface area contributed by atoms with E-state index in [-0.39, 0.29) is 12.4 Å². The van der Waals surface area contributed by atoms with Gasteiger partial charge in [-0.3, -0.25) is 0 Å². The highest BCUT2D eigenvalue weighted by molar-refractivity contribution is 7.99. The Kier molecular flexibility index (Phi) is 5.97. The average Bonchev–Trinajstić information content (AvgIpc) is 2.51. The lowest BCUT2D eigenvalue weighted by Gasteiger charge is -2.31. The van der Waals surface area contributed by atoms with Crippen LogP contribution >= 0.6 is 24.2 Å². The average molecular weight is 321 g/mol. The van der Waals surface area contributed by atoms with Crippen LogP contribution in [0.25, 0.3) is 0 Å². The Hall–Kier alpha value is -1.16. The molecule has 2 nitrogen and oxygen atoms in total. The lowest BCUT2D eigenvalue weighted by molar-refractivity contribution is 0.587. The normalized spacial score (nSPS) is 14.6. The van der Waals surface area contributed by atoms with Gasteiger partial charge >= 0.3 is 0 Å². The standard InChI is InChI=1S/C17H20N2S.ClH/c1-14-6-2-4-8-16(14)20-17-9-5-3-7-15(17)19-12-10-18-11-13-19;/h2-9,18H,10-13H2,1H3;1H. The maximum atomic E-state index is 3.41. The molecule has 0 aromatic heterocycles. The summed E-state index contributed by atoms with van der Waals surface area (Å²) in [6.07, 6.45) is 0. The van der Waals surface area contributed by atoms with Crippen LogP contribution in [-0.4, -0.2) is 26.2 Å². The molecule has 3 rings (SSSR count). The second-order valence-electron chi connectivity index (χ2n) is 5.07. The molecule has 0 atom stereocenters. The minimum atomic E-state index is 0. The van der Waals surface area contributed by atoms with Crippen LogP contribution < -0.4 is 10.2 Å². The van der Waals surface area contributed by atoms with Gasteiger partial charge in [0.05, 0.1) is 5.69 Å². The molecule has 0 saturated carbocycles. The Morgan fingerprint density at radius 3 is 2.24 bits per heavy atom. The van der Waals surface area contributed by atoms with Crippen molar-refractivity contribution in [1.29, 1.82) is 0 Å². The van der Waals surface area contributed by atoms with Crippen LogP contribution in [0.5, 0.6) is 0 Å². The number of rotatable bonds is 3. The number of piperazine rings is 1. The zero-order valence-electron chi connectivity index (χ0n) is 12.2. The first-order valence-corrected chi connectivity index (χ1v) is 7.94. The molecule has 1 aliphatic heterocycles. The number of para-hydroxylation sites is 1. The summed E-state index contributed by atoms with van der Waals surface area (Å²) in [7, 11) is 0. The molecule has 0 aliphatic carbocycles. The van der Waals surface area contributed by atoms with Crippen molar-refractivity contribution >= 4 is 29.9 Å². The SMILES string of the molecule is Cc1ccccc1Sc1ccccc1N1CCNCC1.Cl. The first-order valence-electron chi connectivity index (χ1n) is 7.13. The Morgan fingerprint density at radius 1 is 0.905 bits per heavy atom. The molecule has 0 radical (unpaired) electrons. The van der Waals surface area contributed by atoms with Gasteiger partial charge in [0.25, 0.3) is 0 Å². The van der Waals surface area contributed by atoms with Crippen molar-refractivity contribution in [3.05, 3.63) is 54.1 Å². The van der Waals surface area contributed by atoms with E-state index in [4.69, 9.17) is 0 Å². The predicted molar refractivity (Wildman–Crippen MR) is 94.1 cm³/mol. The quantitative estimate of drug-likeness (QED) is 0.921. The number of nitrogens with zero attached hydrogens (tertiary/aromatic N) is 1. The predicted octanol–water partition coefficient (Wildman–Crippen LogP) is 3.98.